The number of rotatable bonds is 5. The Labute approximate surface area is 106 Å². The lowest BCUT2D eigenvalue weighted by molar-refractivity contribution is -0.124. The monoisotopic (exact) mass is 240 g/mol. The highest BCUT2D eigenvalue weighted by atomic mass is 16.2. The highest BCUT2D eigenvalue weighted by molar-refractivity contribution is 5.82. The summed E-state index contributed by atoms with van der Waals surface area (Å²) in [4.78, 5) is 12.1. The van der Waals surface area contributed by atoms with Crippen LogP contribution >= 0.6 is 0 Å². The van der Waals surface area contributed by atoms with E-state index >= 15 is 0 Å². The van der Waals surface area contributed by atoms with Gasteiger partial charge in [-0.2, -0.15) is 0 Å². The van der Waals surface area contributed by atoms with Crippen molar-refractivity contribution in [3.63, 3.8) is 0 Å². The van der Waals surface area contributed by atoms with E-state index in [-0.39, 0.29) is 11.9 Å². The van der Waals surface area contributed by atoms with E-state index in [2.05, 4.69) is 31.4 Å². The summed E-state index contributed by atoms with van der Waals surface area (Å²) in [6.07, 6.45) is 6.88. The Morgan fingerprint density at radius 2 is 2.00 bits per heavy atom. The molecule has 0 bridgehead atoms. The topological polar surface area (TPSA) is 41.1 Å². The molecule has 2 unspecified atom stereocenters. The Morgan fingerprint density at radius 1 is 1.29 bits per heavy atom. The molecule has 3 nitrogen and oxygen atoms in total. The normalized spacial score (nSPS) is 23.2. The molecule has 1 fully saturated rings. The molecule has 0 aromatic rings. The van der Waals surface area contributed by atoms with Gasteiger partial charge in [-0.25, -0.2) is 0 Å². The minimum atomic E-state index is 0.0364. The molecule has 1 amide bonds. The zero-order valence-electron chi connectivity index (χ0n) is 11.6. The van der Waals surface area contributed by atoms with Gasteiger partial charge in [0.15, 0.2) is 0 Å². The van der Waals surface area contributed by atoms with Gasteiger partial charge in [-0.05, 0) is 32.2 Å². The fourth-order valence-corrected chi connectivity index (χ4v) is 2.69. The lowest BCUT2D eigenvalue weighted by Gasteiger charge is -2.25. The van der Waals surface area contributed by atoms with E-state index in [1.807, 2.05) is 0 Å². The molecule has 1 rings (SSSR count). The van der Waals surface area contributed by atoms with E-state index in [0.717, 1.165) is 25.8 Å². The van der Waals surface area contributed by atoms with E-state index in [0.29, 0.717) is 12.0 Å². The van der Waals surface area contributed by atoms with Crippen molar-refractivity contribution in [3.8, 4) is 0 Å². The third kappa shape index (κ3) is 4.66. The Bertz CT molecular complexity index is 218. The molecule has 100 valence electrons. The number of amides is 1. The Kier molecular flexibility index (Phi) is 6.56. The van der Waals surface area contributed by atoms with Crippen LogP contribution in [0.4, 0.5) is 0 Å². The van der Waals surface area contributed by atoms with E-state index in [9.17, 15) is 4.79 Å². The van der Waals surface area contributed by atoms with E-state index in [4.69, 9.17) is 0 Å². The fourth-order valence-electron chi connectivity index (χ4n) is 2.69. The summed E-state index contributed by atoms with van der Waals surface area (Å²) in [5.74, 6) is 0.802. The molecule has 0 aromatic carbocycles. The Morgan fingerprint density at radius 3 is 2.65 bits per heavy atom. The average Bonchev–Trinajstić information content (AvgIpc) is 2.59. The molecule has 0 radical (unpaired) electrons. The zero-order chi connectivity index (χ0) is 12.7. The zero-order valence-corrected chi connectivity index (χ0v) is 11.6. The molecule has 1 heterocycles. The maximum atomic E-state index is 12.1. The Balaban J connectivity index is 2.41. The lowest BCUT2D eigenvalue weighted by Crippen LogP contribution is -2.48. The molecular weight excluding hydrogens is 212 g/mol. The van der Waals surface area contributed by atoms with Crippen molar-refractivity contribution in [1.82, 2.24) is 10.6 Å². The van der Waals surface area contributed by atoms with Crippen LogP contribution in [0.25, 0.3) is 0 Å². The number of carbonyl (C=O) groups excluding carboxylic acids is 1. The van der Waals surface area contributed by atoms with Gasteiger partial charge < -0.3 is 10.6 Å². The van der Waals surface area contributed by atoms with Gasteiger partial charge in [0.25, 0.3) is 0 Å². The molecule has 0 aliphatic carbocycles. The molecule has 0 saturated carbocycles. The molecule has 0 spiro atoms. The van der Waals surface area contributed by atoms with Crippen molar-refractivity contribution < 1.29 is 4.79 Å². The fraction of sp³-hybridized carbons (Fsp3) is 0.929. The van der Waals surface area contributed by atoms with Gasteiger partial charge in [0, 0.05) is 6.04 Å². The van der Waals surface area contributed by atoms with E-state index < -0.39 is 0 Å². The first-order valence-corrected chi connectivity index (χ1v) is 7.22. The molecule has 1 aliphatic heterocycles. The number of hydrogen-bond donors (Lipinski definition) is 2. The van der Waals surface area contributed by atoms with Crippen molar-refractivity contribution in [3.05, 3.63) is 0 Å². The van der Waals surface area contributed by atoms with Gasteiger partial charge in [-0.15, -0.1) is 0 Å². The van der Waals surface area contributed by atoms with E-state index in [1.54, 1.807) is 0 Å². The summed E-state index contributed by atoms with van der Waals surface area (Å²) in [6.45, 7) is 7.51. The van der Waals surface area contributed by atoms with Crippen molar-refractivity contribution in [2.75, 3.05) is 6.54 Å². The average molecular weight is 240 g/mol. The highest BCUT2D eigenvalue weighted by Gasteiger charge is 2.22. The van der Waals surface area contributed by atoms with Crippen LogP contribution in [-0.2, 0) is 4.79 Å². The molecule has 1 saturated heterocycles. The summed E-state index contributed by atoms with van der Waals surface area (Å²) < 4.78 is 0. The van der Waals surface area contributed by atoms with Gasteiger partial charge >= 0.3 is 0 Å². The molecule has 1 aliphatic rings. The quantitative estimate of drug-likeness (QED) is 0.775. The summed E-state index contributed by atoms with van der Waals surface area (Å²) in [6, 6.07) is 0.330. The summed E-state index contributed by atoms with van der Waals surface area (Å²) in [5.41, 5.74) is 0. The van der Waals surface area contributed by atoms with Gasteiger partial charge in [0.05, 0.1) is 6.04 Å². The minimum absolute atomic E-state index is 0.0364. The highest BCUT2D eigenvalue weighted by Crippen LogP contribution is 2.14. The van der Waals surface area contributed by atoms with Crippen LogP contribution in [0, 0.1) is 5.92 Å². The van der Waals surface area contributed by atoms with Crippen LogP contribution in [-0.4, -0.2) is 24.5 Å². The van der Waals surface area contributed by atoms with Crippen LogP contribution in [0.5, 0.6) is 0 Å². The second-order valence-electron chi connectivity index (χ2n) is 5.23. The van der Waals surface area contributed by atoms with Gasteiger partial charge in [0.2, 0.25) is 5.91 Å². The second kappa shape index (κ2) is 7.70. The predicted octanol–water partition coefficient (Wildman–Crippen LogP) is 2.46. The van der Waals surface area contributed by atoms with Crippen molar-refractivity contribution in [2.24, 2.45) is 5.92 Å². The SMILES string of the molecule is CCC(CC)C(C)NC(=O)C1CCCCCN1. The van der Waals surface area contributed by atoms with Crippen LogP contribution < -0.4 is 10.6 Å². The van der Waals surface area contributed by atoms with Crippen molar-refractivity contribution in [2.45, 2.75) is 71.4 Å². The van der Waals surface area contributed by atoms with Crippen molar-refractivity contribution in [1.29, 1.82) is 0 Å². The predicted molar refractivity (Wildman–Crippen MR) is 71.9 cm³/mol. The first-order chi connectivity index (χ1) is 8.19. The lowest BCUT2D eigenvalue weighted by atomic mass is 9.95. The van der Waals surface area contributed by atoms with Crippen LogP contribution in [0.3, 0.4) is 0 Å². The second-order valence-corrected chi connectivity index (χ2v) is 5.23. The largest absolute Gasteiger partial charge is 0.352 e. The molecule has 2 atom stereocenters. The first kappa shape index (κ1) is 14.5. The summed E-state index contributed by atoms with van der Waals surface area (Å²) in [5, 5.41) is 6.53. The number of nitrogens with one attached hydrogen (secondary N) is 2. The number of hydrogen-bond acceptors (Lipinski definition) is 2. The number of carbonyl (C=O) groups is 1. The maximum absolute atomic E-state index is 12.1. The van der Waals surface area contributed by atoms with Crippen LogP contribution in [0.2, 0.25) is 0 Å². The van der Waals surface area contributed by atoms with Crippen LogP contribution in [0.1, 0.15) is 59.3 Å². The Hall–Kier alpha value is -0.570. The smallest absolute Gasteiger partial charge is 0.237 e. The third-order valence-electron chi connectivity index (χ3n) is 4.00. The van der Waals surface area contributed by atoms with Crippen molar-refractivity contribution >= 4 is 5.91 Å². The molecule has 17 heavy (non-hydrogen) atoms. The van der Waals surface area contributed by atoms with Gasteiger partial charge in [-0.3, -0.25) is 4.79 Å². The molecule has 2 N–H and O–H groups in total. The van der Waals surface area contributed by atoms with E-state index in [1.165, 1.54) is 19.3 Å². The van der Waals surface area contributed by atoms with Crippen LogP contribution in [0.15, 0.2) is 0 Å². The summed E-state index contributed by atoms with van der Waals surface area (Å²) in [7, 11) is 0. The van der Waals surface area contributed by atoms with Gasteiger partial charge in [0.1, 0.15) is 0 Å². The minimum Gasteiger partial charge on any atom is -0.352 e. The molecular formula is C14H28N2O. The van der Waals surface area contributed by atoms with Gasteiger partial charge in [-0.1, -0.05) is 39.5 Å². The third-order valence-corrected chi connectivity index (χ3v) is 4.00. The standard InChI is InChI=1S/C14H28N2O/c1-4-12(5-2)11(3)16-14(17)13-9-7-6-8-10-15-13/h11-13,15H,4-10H2,1-3H3,(H,16,17). The maximum Gasteiger partial charge on any atom is 0.237 e. The molecule has 0 aromatic heterocycles. The summed E-state index contributed by atoms with van der Waals surface area (Å²) >= 11 is 0. The first-order valence-electron chi connectivity index (χ1n) is 7.22. The molecule has 3 heteroatoms.